The number of nitrogens with one attached hydrogen (secondary N) is 1. The molecule has 0 unspecified atom stereocenters. The SMILES string of the molecule is Cc1ccncc1C(=O)N1CCC(c2cc(Cc3ccccc3)[nH]n2)CC1. The van der Waals surface area contributed by atoms with Crippen LogP contribution in [-0.2, 0) is 6.42 Å². The number of rotatable bonds is 4. The molecule has 4 rings (SSSR count). The molecule has 0 bridgehead atoms. The van der Waals surface area contributed by atoms with Crippen molar-refractivity contribution in [2.24, 2.45) is 0 Å². The minimum atomic E-state index is 0.0887. The predicted octanol–water partition coefficient (Wildman–Crippen LogP) is 3.72. The lowest BCUT2D eigenvalue weighted by atomic mass is 9.92. The third-order valence-electron chi connectivity index (χ3n) is 5.36. The van der Waals surface area contributed by atoms with Gasteiger partial charge >= 0.3 is 0 Å². The lowest BCUT2D eigenvalue weighted by Gasteiger charge is -2.31. The first-order valence-electron chi connectivity index (χ1n) is 9.48. The molecule has 3 aromatic rings. The summed E-state index contributed by atoms with van der Waals surface area (Å²) < 4.78 is 0. The number of aromatic nitrogens is 3. The van der Waals surface area contributed by atoms with Crippen LogP contribution in [0, 0.1) is 6.92 Å². The number of pyridine rings is 1. The summed E-state index contributed by atoms with van der Waals surface area (Å²) in [6.45, 7) is 3.48. The van der Waals surface area contributed by atoms with E-state index in [1.165, 1.54) is 5.56 Å². The molecule has 1 aliphatic heterocycles. The molecule has 138 valence electrons. The van der Waals surface area contributed by atoms with E-state index >= 15 is 0 Å². The maximum absolute atomic E-state index is 12.7. The Morgan fingerprint density at radius 3 is 2.70 bits per heavy atom. The van der Waals surface area contributed by atoms with E-state index in [1.807, 2.05) is 24.0 Å². The van der Waals surface area contributed by atoms with E-state index in [4.69, 9.17) is 0 Å². The van der Waals surface area contributed by atoms with Crippen LogP contribution in [0.5, 0.6) is 0 Å². The fourth-order valence-electron chi connectivity index (χ4n) is 3.73. The molecular weight excluding hydrogens is 336 g/mol. The first kappa shape index (κ1) is 17.5. The van der Waals surface area contributed by atoms with Crippen LogP contribution in [0.4, 0.5) is 0 Å². The molecule has 0 aliphatic carbocycles. The minimum absolute atomic E-state index is 0.0887. The number of likely N-dealkylation sites (tertiary alicyclic amines) is 1. The summed E-state index contributed by atoms with van der Waals surface area (Å²) in [4.78, 5) is 18.8. The highest BCUT2D eigenvalue weighted by Crippen LogP contribution is 2.28. The van der Waals surface area contributed by atoms with Gasteiger partial charge in [0.2, 0.25) is 0 Å². The fraction of sp³-hybridized carbons (Fsp3) is 0.318. The summed E-state index contributed by atoms with van der Waals surface area (Å²) in [7, 11) is 0. The van der Waals surface area contributed by atoms with Crippen molar-refractivity contribution >= 4 is 5.91 Å². The summed E-state index contributed by atoms with van der Waals surface area (Å²) >= 11 is 0. The van der Waals surface area contributed by atoms with Crippen molar-refractivity contribution in [3.63, 3.8) is 0 Å². The average Bonchev–Trinajstić information content (AvgIpc) is 3.17. The number of nitrogens with zero attached hydrogens (tertiary/aromatic N) is 3. The maximum Gasteiger partial charge on any atom is 0.255 e. The Kier molecular flexibility index (Phi) is 5.01. The van der Waals surface area contributed by atoms with Gasteiger partial charge in [-0.05, 0) is 43.0 Å². The molecule has 1 aliphatic rings. The van der Waals surface area contributed by atoms with E-state index in [-0.39, 0.29) is 5.91 Å². The Bertz CT molecular complexity index is 911. The van der Waals surface area contributed by atoms with Crippen molar-refractivity contribution in [3.05, 3.63) is 82.9 Å². The molecule has 0 radical (unpaired) electrons. The van der Waals surface area contributed by atoms with Gasteiger partial charge in [0.15, 0.2) is 0 Å². The quantitative estimate of drug-likeness (QED) is 0.771. The predicted molar refractivity (Wildman–Crippen MR) is 105 cm³/mol. The third-order valence-corrected chi connectivity index (χ3v) is 5.36. The molecule has 0 saturated carbocycles. The van der Waals surface area contributed by atoms with Gasteiger partial charge < -0.3 is 4.90 Å². The number of piperidine rings is 1. The van der Waals surface area contributed by atoms with Gasteiger partial charge in [-0.3, -0.25) is 14.9 Å². The fourth-order valence-corrected chi connectivity index (χ4v) is 3.73. The van der Waals surface area contributed by atoms with Crippen LogP contribution < -0.4 is 0 Å². The van der Waals surface area contributed by atoms with E-state index in [9.17, 15) is 4.79 Å². The number of H-pyrrole nitrogens is 1. The third kappa shape index (κ3) is 3.92. The van der Waals surface area contributed by atoms with Crippen molar-refractivity contribution in [1.82, 2.24) is 20.1 Å². The van der Waals surface area contributed by atoms with Crippen LogP contribution in [0.2, 0.25) is 0 Å². The van der Waals surface area contributed by atoms with Crippen LogP contribution in [0.3, 0.4) is 0 Å². The zero-order valence-corrected chi connectivity index (χ0v) is 15.6. The van der Waals surface area contributed by atoms with E-state index in [2.05, 4.69) is 45.5 Å². The van der Waals surface area contributed by atoms with E-state index in [1.54, 1.807) is 12.4 Å². The minimum Gasteiger partial charge on any atom is -0.339 e. The Morgan fingerprint density at radius 1 is 1.19 bits per heavy atom. The number of aromatic amines is 1. The molecule has 1 aromatic carbocycles. The Labute approximate surface area is 159 Å². The van der Waals surface area contributed by atoms with Crippen molar-refractivity contribution in [1.29, 1.82) is 0 Å². The first-order valence-corrected chi connectivity index (χ1v) is 9.48. The van der Waals surface area contributed by atoms with Crippen molar-refractivity contribution < 1.29 is 4.79 Å². The summed E-state index contributed by atoms with van der Waals surface area (Å²) in [5.74, 6) is 0.496. The molecule has 2 aromatic heterocycles. The number of benzene rings is 1. The lowest BCUT2D eigenvalue weighted by molar-refractivity contribution is 0.0711. The highest BCUT2D eigenvalue weighted by atomic mass is 16.2. The van der Waals surface area contributed by atoms with Gasteiger partial charge in [0.1, 0.15) is 0 Å². The molecule has 1 saturated heterocycles. The van der Waals surface area contributed by atoms with Crippen LogP contribution in [-0.4, -0.2) is 39.1 Å². The van der Waals surface area contributed by atoms with Gasteiger partial charge in [0.25, 0.3) is 5.91 Å². The number of hydrogen-bond donors (Lipinski definition) is 1. The summed E-state index contributed by atoms with van der Waals surface area (Å²) in [6, 6.07) is 14.5. The van der Waals surface area contributed by atoms with Crippen molar-refractivity contribution in [2.75, 3.05) is 13.1 Å². The molecule has 3 heterocycles. The van der Waals surface area contributed by atoms with E-state index in [0.29, 0.717) is 11.5 Å². The Balaban J connectivity index is 1.37. The van der Waals surface area contributed by atoms with Gasteiger partial charge in [0, 0.05) is 43.5 Å². The second kappa shape index (κ2) is 7.74. The Morgan fingerprint density at radius 2 is 1.96 bits per heavy atom. The van der Waals surface area contributed by atoms with Gasteiger partial charge in [-0.15, -0.1) is 0 Å². The van der Waals surface area contributed by atoms with Crippen LogP contribution >= 0.6 is 0 Å². The molecule has 5 nitrogen and oxygen atoms in total. The second-order valence-electron chi connectivity index (χ2n) is 7.24. The molecule has 0 atom stereocenters. The van der Waals surface area contributed by atoms with Gasteiger partial charge in [0.05, 0.1) is 11.3 Å². The zero-order chi connectivity index (χ0) is 18.6. The smallest absolute Gasteiger partial charge is 0.255 e. The molecule has 1 amide bonds. The van der Waals surface area contributed by atoms with E-state index < -0.39 is 0 Å². The van der Waals surface area contributed by atoms with Crippen LogP contribution in [0.1, 0.15) is 51.6 Å². The second-order valence-corrected chi connectivity index (χ2v) is 7.24. The largest absolute Gasteiger partial charge is 0.339 e. The molecular formula is C22H24N4O. The highest BCUT2D eigenvalue weighted by Gasteiger charge is 2.26. The van der Waals surface area contributed by atoms with Crippen LogP contribution in [0.15, 0.2) is 54.9 Å². The molecule has 27 heavy (non-hydrogen) atoms. The Hall–Kier alpha value is -2.95. The molecule has 5 heteroatoms. The molecule has 1 N–H and O–H groups in total. The summed E-state index contributed by atoms with van der Waals surface area (Å²) in [5, 5.41) is 7.72. The standard InChI is InChI=1S/C22H24N4O/c1-16-7-10-23-15-20(16)22(27)26-11-8-18(9-12-26)21-14-19(24-25-21)13-17-5-3-2-4-6-17/h2-7,10,14-15,18H,8-9,11-13H2,1H3,(H,24,25). The molecule has 1 fully saturated rings. The lowest BCUT2D eigenvalue weighted by Crippen LogP contribution is -2.38. The van der Waals surface area contributed by atoms with E-state index in [0.717, 1.165) is 49.3 Å². The zero-order valence-electron chi connectivity index (χ0n) is 15.6. The van der Waals surface area contributed by atoms with Crippen molar-refractivity contribution in [2.45, 2.75) is 32.1 Å². The summed E-state index contributed by atoms with van der Waals surface area (Å²) in [6.07, 6.45) is 6.16. The van der Waals surface area contributed by atoms with Gasteiger partial charge in [-0.2, -0.15) is 5.10 Å². The number of carbonyl (C=O) groups excluding carboxylic acids is 1. The average molecular weight is 360 g/mol. The van der Waals surface area contributed by atoms with Gasteiger partial charge in [-0.25, -0.2) is 0 Å². The maximum atomic E-state index is 12.7. The number of aryl methyl sites for hydroxylation is 1. The monoisotopic (exact) mass is 360 g/mol. The molecule has 0 spiro atoms. The number of amides is 1. The highest BCUT2D eigenvalue weighted by molar-refractivity contribution is 5.95. The normalized spacial score (nSPS) is 15.1. The number of carbonyl (C=O) groups is 1. The first-order chi connectivity index (χ1) is 13.2. The number of hydrogen-bond acceptors (Lipinski definition) is 3. The summed E-state index contributed by atoms with van der Waals surface area (Å²) in [5.41, 5.74) is 5.22. The van der Waals surface area contributed by atoms with Crippen molar-refractivity contribution in [3.8, 4) is 0 Å². The van der Waals surface area contributed by atoms with Crippen LogP contribution in [0.25, 0.3) is 0 Å². The van der Waals surface area contributed by atoms with Gasteiger partial charge in [-0.1, -0.05) is 30.3 Å². The topological polar surface area (TPSA) is 61.9 Å².